The van der Waals surface area contributed by atoms with Crippen molar-refractivity contribution in [2.45, 2.75) is 19.5 Å². The molecule has 1 atom stereocenters. The molecule has 0 bridgehead atoms. The number of carbonyl (C=O) groups is 2. The van der Waals surface area contributed by atoms with E-state index < -0.39 is 12.0 Å². The van der Waals surface area contributed by atoms with Crippen LogP contribution in [-0.2, 0) is 11.3 Å². The summed E-state index contributed by atoms with van der Waals surface area (Å²) >= 11 is 1.18. The number of amides is 1. The van der Waals surface area contributed by atoms with Crippen LogP contribution < -0.4 is 11.1 Å². The first-order chi connectivity index (χ1) is 7.00. The minimum atomic E-state index is -1.07. The van der Waals surface area contributed by atoms with Crippen molar-refractivity contribution in [1.82, 2.24) is 10.3 Å². The van der Waals surface area contributed by atoms with E-state index in [9.17, 15) is 9.59 Å². The lowest BCUT2D eigenvalue weighted by atomic mass is 10.3. The van der Waals surface area contributed by atoms with Gasteiger partial charge < -0.3 is 16.2 Å². The lowest BCUT2D eigenvalue weighted by molar-refractivity contribution is -0.122. The molecule has 0 aliphatic carbocycles. The first-order valence-electron chi connectivity index (χ1n) is 4.21. The van der Waals surface area contributed by atoms with Crippen molar-refractivity contribution >= 4 is 23.2 Å². The molecule has 1 rings (SSSR count). The Kier molecular flexibility index (Phi) is 3.75. The number of hydrogen-bond donors (Lipinski definition) is 3. The third-order valence-electron chi connectivity index (χ3n) is 1.60. The molecule has 0 aromatic carbocycles. The highest BCUT2D eigenvalue weighted by molar-refractivity contribution is 7.09. The third kappa shape index (κ3) is 3.30. The van der Waals surface area contributed by atoms with Gasteiger partial charge in [-0.05, 0) is 6.92 Å². The van der Waals surface area contributed by atoms with Crippen molar-refractivity contribution < 1.29 is 14.7 Å². The van der Waals surface area contributed by atoms with E-state index in [-0.39, 0.29) is 18.1 Å². The fourth-order valence-electron chi connectivity index (χ4n) is 0.814. The molecule has 6 nitrogen and oxygen atoms in total. The average Bonchev–Trinajstić information content (AvgIpc) is 2.62. The van der Waals surface area contributed by atoms with Crippen molar-refractivity contribution in [3.05, 3.63) is 16.1 Å². The fraction of sp³-hybridized carbons (Fsp3) is 0.375. The molecule has 0 radical (unpaired) electrons. The number of aromatic carboxylic acids is 1. The molecule has 1 amide bonds. The maximum atomic E-state index is 11.1. The van der Waals surface area contributed by atoms with Crippen molar-refractivity contribution in [2.24, 2.45) is 5.73 Å². The Balaban J connectivity index is 2.51. The van der Waals surface area contributed by atoms with Gasteiger partial charge in [-0.3, -0.25) is 4.79 Å². The second-order valence-electron chi connectivity index (χ2n) is 2.94. The second kappa shape index (κ2) is 4.85. The highest BCUT2D eigenvalue weighted by atomic mass is 32.1. The summed E-state index contributed by atoms with van der Waals surface area (Å²) in [4.78, 5) is 25.4. The van der Waals surface area contributed by atoms with Gasteiger partial charge in [0.25, 0.3) is 0 Å². The van der Waals surface area contributed by atoms with Crippen molar-refractivity contribution in [3.8, 4) is 0 Å². The SMILES string of the molecule is CC(N)C(=O)NCc1nc(C(=O)O)cs1. The lowest BCUT2D eigenvalue weighted by Crippen LogP contribution is -2.37. The molecule has 0 spiro atoms. The van der Waals surface area contributed by atoms with Crippen LogP contribution in [0.4, 0.5) is 0 Å². The molecular weight excluding hydrogens is 218 g/mol. The summed E-state index contributed by atoms with van der Waals surface area (Å²) in [6.07, 6.45) is 0. The Morgan fingerprint density at radius 3 is 2.87 bits per heavy atom. The van der Waals surface area contributed by atoms with Crippen LogP contribution in [0.3, 0.4) is 0 Å². The van der Waals surface area contributed by atoms with Gasteiger partial charge in [0, 0.05) is 5.38 Å². The van der Waals surface area contributed by atoms with Crippen LogP contribution in [0.2, 0.25) is 0 Å². The molecule has 82 valence electrons. The number of carbonyl (C=O) groups excluding carboxylic acids is 1. The fourth-order valence-corrected chi connectivity index (χ4v) is 1.52. The lowest BCUT2D eigenvalue weighted by Gasteiger charge is -2.04. The number of nitrogens with zero attached hydrogens (tertiary/aromatic N) is 1. The minimum absolute atomic E-state index is 0.00922. The number of hydrogen-bond acceptors (Lipinski definition) is 5. The third-order valence-corrected chi connectivity index (χ3v) is 2.45. The molecule has 1 aromatic heterocycles. The summed E-state index contributed by atoms with van der Waals surface area (Å²) in [5.41, 5.74) is 5.32. The van der Waals surface area contributed by atoms with Gasteiger partial charge in [-0.1, -0.05) is 0 Å². The Labute approximate surface area is 90.1 Å². The van der Waals surface area contributed by atoms with Crippen LogP contribution in [0.1, 0.15) is 22.4 Å². The molecule has 7 heteroatoms. The first kappa shape index (κ1) is 11.6. The zero-order chi connectivity index (χ0) is 11.4. The smallest absolute Gasteiger partial charge is 0.355 e. The highest BCUT2D eigenvalue weighted by Crippen LogP contribution is 2.09. The summed E-state index contributed by atoms with van der Waals surface area (Å²) in [5.74, 6) is -1.36. The van der Waals surface area contributed by atoms with Gasteiger partial charge in [-0.25, -0.2) is 9.78 Å². The Bertz CT molecular complexity index is 375. The van der Waals surface area contributed by atoms with Crippen molar-refractivity contribution in [1.29, 1.82) is 0 Å². The van der Waals surface area contributed by atoms with Gasteiger partial charge in [-0.2, -0.15) is 0 Å². The molecule has 1 unspecified atom stereocenters. The van der Waals surface area contributed by atoms with E-state index in [0.717, 1.165) is 0 Å². The summed E-state index contributed by atoms with van der Waals surface area (Å²) in [5, 5.41) is 13.1. The van der Waals surface area contributed by atoms with Crippen LogP contribution in [0.5, 0.6) is 0 Å². The van der Waals surface area contributed by atoms with E-state index in [2.05, 4.69) is 10.3 Å². The van der Waals surface area contributed by atoms with Gasteiger partial charge in [0.1, 0.15) is 5.01 Å². The summed E-state index contributed by atoms with van der Waals surface area (Å²) in [6, 6.07) is -0.580. The molecule has 0 aliphatic heterocycles. The van der Waals surface area contributed by atoms with E-state index in [1.54, 1.807) is 6.92 Å². The molecule has 0 aliphatic rings. The van der Waals surface area contributed by atoms with Crippen molar-refractivity contribution in [3.63, 3.8) is 0 Å². The van der Waals surface area contributed by atoms with Gasteiger partial charge in [0.05, 0.1) is 12.6 Å². The predicted molar refractivity (Wildman–Crippen MR) is 54.6 cm³/mol. The van der Waals surface area contributed by atoms with Crippen LogP contribution in [0.25, 0.3) is 0 Å². The van der Waals surface area contributed by atoms with E-state index in [0.29, 0.717) is 5.01 Å². The summed E-state index contributed by atoms with van der Waals surface area (Å²) in [7, 11) is 0. The summed E-state index contributed by atoms with van der Waals surface area (Å²) in [6.45, 7) is 1.78. The zero-order valence-corrected chi connectivity index (χ0v) is 8.87. The van der Waals surface area contributed by atoms with E-state index in [1.165, 1.54) is 16.7 Å². The molecule has 1 heterocycles. The maximum Gasteiger partial charge on any atom is 0.355 e. The zero-order valence-electron chi connectivity index (χ0n) is 8.06. The van der Waals surface area contributed by atoms with Gasteiger partial charge in [0.15, 0.2) is 5.69 Å². The van der Waals surface area contributed by atoms with E-state index in [1.807, 2.05) is 0 Å². The quantitative estimate of drug-likeness (QED) is 0.663. The van der Waals surface area contributed by atoms with Gasteiger partial charge in [0.2, 0.25) is 5.91 Å². The van der Waals surface area contributed by atoms with Crippen LogP contribution in [-0.4, -0.2) is 28.0 Å². The number of carboxylic acid groups (broad SMARTS) is 1. The monoisotopic (exact) mass is 229 g/mol. The topological polar surface area (TPSA) is 105 Å². The second-order valence-corrected chi connectivity index (χ2v) is 3.88. The molecule has 1 aromatic rings. The number of nitrogens with two attached hydrogens (primary N) is 1. The molecule has 0 saturated carbocycles. The first-order valence-corrected chi connectivity index (χ1v) is 5.09. The molecule has 0 fully saturated rings. The standard InChI is InChI=1S/C8H11N3O3S/c1-4(9)7(12)10-2-6-11-5(3-15-6)8(13)14/h3-4H,2,9H2,1H3,(H,10,12)(H,13,14). The molecule has 4 N–H and O–H groups in total. The van der Waals surface area contributed by atoms with Gasteiger partial charge in [-0.15, -0.1) is 11.3 Å². The number of nitrogens with one attached hydrogen (secondary N) is 1. The van der Waals surface area contributed by atoms with Gasteiger partial charge >= 0.3 is 5.97 Å². The Morgan fingerprint density at radius 1 is 1.73 bits per heavy atom. The van der Waals surface area contributed by atoms with Crippen LogP contribution in [0.15, 0.2) is 5.38 Å². The van der Waals surface area contributed by atoms with E-state index >= 15 is 0 Å². The maximum absolute atomic E-state index is 11.1. The Morgan fingerprint density at radius 2 is 2.40 bits per heavy atom. The highest BCUT2D eigenvalue weighted by Gasteiger charge is 2.10. The van der Waals surface area contributed by atoms with E-state index in [4.69, 9.17) is 10.8 Å². The number of carboxylic acids is 1. The normalized spacial score (nSPS) is 12.1. The number of thiazole rings is 1. The largest absolute Gasteiger partial charge is 0.476 e. The Hall–Kier alpha value is -1.47. The van der Waals surface area contributed by atoms with Crippen LogP contribution in [0, 0.1) is 0 Å². The molecule has 15 heavy (non-hydrogen) atoms. The van der Waals surface area contributed by atoms with Crippen LogP contribution >= 0.6 is 11.3 Å². The van der Waals surface area contributed by atoms with Crippen molar-refractivity contribution in [2.75, 3.05) is 0 Å². The molecule has 0 saturated heterocycles. The average molecular weight is 229 g/mol. The predicted octanol–water partition coefficient (Wildman–Crippen LogP) is -0.195. The molecular formula is C8H11N3O3S. The summed E-state index contributed by atoms with van der Waals surface area (Å²) < 4.78 is 0. The minimum Gasteiger partial charge on any atom is -0.476 e. The number of aromatic nitrogens is 1. The number of rotatable bonds is 4.